The van der Waals surface area contributed by atoms with Crippen LogP contribution >= 0.6 is 0 Å². The molecule has 0 fully saturated rings. The zero-order valence-corrected chi connectivity index (χ0v) is 14.2. The highest BCUT2D eigenvalue weighted by Gasteiger charge is 2.14. The molecule has 0 atom stereocenters. The third-order valence-electron chi connectivity index (χ3n) is 3.20. The lowest BCUT2D eigenvalue weighted by molar-refractivity contribution is -0.138. The first-order valence-electron chi connectivity index (χ1n) is 7.49. The lowest BCUT2D eigenvalue weighted by atomic mass is 10.2. The molecule has 0 saturated heterocycles. The summed E-state index contributed by atoms with van der Waals surface area (Å²) >= 11 is 0. The van der Waals surface area contributed by atoms with E-state index in [9.17, 15) is 14.0 Å². The molecule has 2 aromatic rings. The van der Waals surface area contributed by atoms with Gasteiger partial charge in [0.25, 0.3) is 0 Å². The molecule has 8 heteroatoms. The lowest BCUT2D eigenvalue weighted by Crippen LogP contribution is -2.15. The number of esters is 2. The van der Waals surface area contributed by atoms with Gasteiger partial charge in [0.15, 0.2) is 11.6 Å². The number of carbonyl (C=O) groups is 2. The van der Waals surface area contributed by atoms with Crippen LogP contribution in [0.5, 0.6) is 5.75 Å². The first-order valence-corrected chi connectivity index (χ1v) is 7.49. The Morgan fingerprint density at radius 3 is 2.65 bits per heavy atom. The van der Waals surface area contributed by atoms with Crippen molar-refractivity contribution in [1.82, 2.24) is 4.98 Å². The number of aromatic nitrogens is 1. The van der Waals surface area contributed by atoms with Crippen molar-refractivity contribution in [1.29, 1.82) is 0 Å². The highest BCUT2D eigenvalue weighted by molar-refractivity contribution is 5.98. The average Bonchev–Trinajstić information content (AvgIpc) is 2.66. The molecular formula is C18H17FN2O5. The molecule has 2 rings (SSSR count). The van der Waals surface area contributed by atoms with Crippen LogP contribution in [0.4, 0.5) is 10.1 Å². The highest BCUT2D eigenvalue weighted by Crippen LogP contribution is 2.23. The van der Waals surface area contributed by atoms with Crippen LogP contribution in [0.1, 0.15) is 5.56 Å². The van der Waals surface area contributed by atoms with Crippen LogP contribution in [0.3, 0.4) is 0 Å². The number of halogens is 1. The number of hydrogen-bond acceptors (Lipinski definition) is 7. The predicted octanol–water partition coefficient (Wildman–Crippen LogP) is 2.44. The van der Waals surface area contributed by atoms with Crippen molar-refractivity contribution in [3.8, 4) is 5.75 Å². The van der Waals surface area contributed by atoms with E-state index in [0.29, 0.717) is 0 Å². The van der Waals surface area contributed by atoms with Crippen LogP contribution in [-0.2, 0) is 25.7 Å². The van der Waals surface area contributed by atoms with E-state index < -0.39 is 17.8 Å². The van der Waals surface area contributed by atoms with E-state index in [1.165, 1.54) is 19.2 Å². The fourth-order valence-corrected chi connectivity index (χ4v) is 1.93. The largest absolute Gasteiger partial charge is 0.486 e. The zero-order valence-electron chi connectivity index (χ0n) is 14.2. The second kappa shape index (κ2) is 9.16. The monoisotopic (exact) mass is 360 g/mol. The van der Waals surface area contributed by atoms with E-state index >= 15 is 0 Å². The van der Waals surface area contributed by atoms with E-state index in [4.69, 9.17) is 4.74 Å². The molecule has 26 heavy (non-hydrogen) atoms. The van der Waals surface area contributed by atoms with Gasteiger partial charge in [0.1, 0.15) is 12.3 Å². The van der Waals surface area contributed by atoms with Gasteiger partial charge >= 0.3 is 11.9 Å². The van der Waals surface area contributed by atoms with Gasteiger partial charge < -0.3 is 19.5 Å². The molecule has 1 N–H and O–H groups in total. The molecule has 1 aromatic heterocycles. The lowest BCUT2D eigenvalue weighted by Gasteiger charge is -2.11. The fraction of sp³-hybridized carbons (Fsp3) is 0.167. The SMILES string of the molecule is COC(=O)/C=C(/Nc1ccc(OCc2cccnc2)c(F)c1)C(=O)OC. The molecule has 0 spiro atoms. The maximum atomic E-state index is 14.2. The summed E-state index contributed by atoms with van der Waals surface area (Å²) in [5, 5.41) is 2.62. The molecular weight excluding hydrogens is 343 g/mol. The van der Waals surface area contributed by atoms with Crippen molar-refractivity contribution in [3.63, 3.8) is 0 Å². The Bertz CT molecular complexity index is 808. The Kier molecular flexibility index (Phi) is 6.67. The fourth-order valence-electron chi connectivity index (χ4n) is 1.93. The summed E-state index contributed by atoms with van der Waals surface area (Å²) in [5.74, 6) is -2.15. The second-order valence-corrected chi connectivity index (χ2v) is 4.99. The first kappa shape index (κ1) is 18.9. The molecule has 1 aromatic carbocycles. The Labute approximate surface area is 149 Å². The number of pyridine rings is 1. The molecule has 0 bridgehead atoms. The van der Waals surface area contributed by atoms with Gasteiger partial charge in [0.2, 0.25) is 0 Å². The van der Waals surface area contributed by atoms with Crippen molar-refractivity contribution in [2.45, 2.75) is 6.61 Å². The van der Waals surface area contributed by atoms with Crippen LogP contribution in [-0.4, -0.2) is 31.1 Å². The third-order valence-corrected chi connectivity index (χ3v) is 3.20. The van der Waals surface area contributed by atoms with Gasteiger partial charge in [-0.05, 0) is 18.2 Å². The van der Waals surface area contributed by atoms with Gasteiger partial charge in [-0.15, -0.1) is 0 Å². The molecule has 0 aliphatic carbocycles. The molecule has 1 heterocycles. The molecule has 0 saturated carbocycles. The minimum absolute atomic E-state index is 0.0379. The van der Waals surface area contributed by atoms with Crippen LogP contribution < -0.4 is 10.1 Å². The predicted molar refractivity (Wildman–Crippen MR) is 90.7 cm³/mol. The Balaban J connectivity index is 2.10. The molecule has 0 unspecified atom stereocenters. The van der Waals surface area contributed by atoms with Gasteiger partial charge in [-0.1, -0.05) is 6.07 Å². The molecule has 0 amide bonds. The van der Waals surface area contributed by atoms with Crippen LogP contribution in [0.25, 0.3) is 0 Å². The maximum Gasteiger partial charge on any atom is 0.354 e. The summed E-state index contributed by atoms with van der Waals surface area (Å²) in [7, 11) is 2.33. The minimum atomic E-state index is -0.798. The van der Waals surface area contributed by atoms with Crippen LogP contribution in [0, 0.1) is 5.82 Å². The topological polar surface area (TPSA) is 86.8 Å². The standard InChI is InChI=1S/C18H17FN2O5/c1-24-17(22)9-15(18(23)25-2)21-13-5-6-16(14(19)8-13)26-11-12-4-3-7-20-10-12/h3-10,21H,11H2,1-2H3/b15-9+. The number of anilines is 1. The normalized spacial score (nSPS) is 10.8. The Hall–Kier alpha value is -3.42. The molecule has 0 aliphatic rings. The summed E-state index contributed by atoms with van der Waals surface area (Å²) in [6.07, 6.45) is 4.16. The zero-order chi connectivity index (χ0) is 18.9. The Morgan fingerprint density at radius 1 is 1.23 bits per heavy atom. The van der Waals surface area contributed by atoms with Gasteiger partial charge in [0, 0.05) is 29.7 Å². The summed E-state index contributed by atoms with van der Waals surface area (Å²) in [4.78, 5) is 27.0. The summed E-state index contributed by atoms with van der Waals surface area (Å²) in [6, 6.07) is 7.59. The van der Waals surface area contributed by atoms with Crippen molar-refractivity contribution in [2.75, 3.05) is 19.5 Å². The minimum Gasteiger partial charge on any atom is -0.486 e. The summed E-state index contributed by atoms with van der Waals surface area (Å²) in [5.41, 5.74) is 0.836. The summed E-state index contributed by atoms with van der Waals surface area (Å²) < 4.78 is 28.7. The first-order chi connectivity index (χ1) is 12.5. The number of carbonyl (C=O) groups excluding carboxylic acids is 2. The van der Waals surface area contributed by atoms with E-state index in [0.717, 1.165) is 24.8 Å². The van der Waals surface area contributed by atoms with Gasteiger partial charge in [0.05, 0.1) is 20.3 Å². The van der Waals surface area contributed by atoms with E-state index in [1.54, 1.807) is 24.5 Å². The average molecular weight is 360 g/mol. The van der Waals surface area contributed by atoms with Crippen LogP contribution in [0.15, 0.2) is 54.5 Å². The number of nitrogens with zero attached hydrogens (tertiary/aromatic N) is 1. The quantitative estimate of drug-likeness (QED) is 0.599. The van der Waals surface area contributed by atoms with Gasteiger partial charge in [-0.3, -0.25) is 4.98 Å². The number of hydrogen-bond donors (Lipinski definition) is 1. The molecule has 7 nitrogen and oxygen atoms in total. The van der Waals surface area contributed by atoms with Crippen molar-refractivity contribution in [3.05, 3.63) is 65.9 Å². The molecule has 0 radical (unpaired) electrons. The smallest absolute Gasteiger partial charge is 0.354 e. The second-order valence-electron chi connectivity index (χ2n) is 4.99. The number of methoxy groups -OCH3 is 2. The van der Waals surface area contributed by atoms with Crippen molar-refractivity contribution < 1.29 is 28.2 Å². The van der Waals surface area contributed by atoms with E-state index in [-0.39, 0.29) is 23.7 Å². The number of ether oxygens (including phenoxy) is 3. The van der Waals surface area contributed by atoms with Gasteiger partial charge in [-0.2, -0.15) is 0 Å². The number of benzene rings is 1. The third kappa shape index (κ3) is 5.30. The maximum absolute atomic E-state index is 14.2. The van der Waals surface area contributed by atoms with Crippen molar-refractivity contribution >= 4 is 17.6 Å². The molecule has 136 valence electrons. The number of rotatable bonds is 7. The van der Waals surface area contributed by atoms with E-state index in [1.807, 2.05) is 0 Å². The van der Waals surface area contributed by atoms with Crippen molar-refractivity contribution in [2.24, 2.45) is 0 Å². The molecule has 0 aliphatic heterocycles. The van der Waals surface area contributed by atoms with Crippen LogP contribution in [0.2, 0.25) is 0 Å². The van der Waals surface area contributed by atoms with E-state index in [2.05, 4.69) is 19.8 Å². The van der Waals surface area contributed by atoms with Gasteiger partial charge in [-0.25, -0.2) is 14.0 Å². The summed E-state index contributed by atoms with van der Waals surface area (Å²) in [6.45, 7) is 0.160. The Morgan fingerprint density at radius 2 is 2.04 bits per heavy atom. The number of nitrogens with one attached hydrogen (secondary N) is 1. The highest BCUT2D eigenvalue weighted by atomic mass is 19.1.